The fraction of sp³-hybridized carbons (Fsp3) is 0.231. The van der Waals surface area contributed by atoms with Crippen LogP contribution < -0.4 is 0 Å². The maximum Gasteiger partial charge on any atom is 0.128 e. The van der Waals surface area contributed by atoms with Crippen molar-refractivity contribution in [2.45, 2.75) is 13.0 Å². The molecule has 0 saturated heterocycles. The standard InChI is InChI=1S/C13H11ClOS2/c1-9-2-6-12(16-9)13-7-5-11(17-13)4-3-10(15)8-14/h2,5-7,10,15H,8H2,1H3/t10-/m1/s1. The zero-order valence-corrected chi connectivity index (χ0v) is 11.6. The van der Waals surface area contributed by atoms with E-state index >= 15 is 0 Å². The average molecular weight is 283 g/mol. The van der Waals surface area contributed by atoms with Crippen molar-refractivity contribution >= 4 is 34.3 Å². The van der Waals surface area contributed by atoms with Gasteiger partial charge in [-0.3, -0.25) is 0 Å². The van der Waals surface area contributed by atoms with Gasteiger partial charge in [0, 0.05) is 14.6 Å². The van der Waals surface area contributed by atoms with Gasteiger partial charge in [0.05, 0.1) is 10.8 Å². The fourth-order valence-electron chi connectivity index (χ4n) is 1.30. The van der Waals surface area contributed by atoms with Crippen LogP contribution in [0, 0.1) is 18.8 Å². The summed E-state index contributed by atoms with van der Waals surface area (Å²) in [5.41, 5.74) is 0. The van der Waals surface area contributed by atoms with Gasteiger partial charge in [0.2, 0.25) is 0 Å². The minimum atomic E-state index is -0.744. The van der Waals surface area contributed by atoms with E-state index in [1.54, 1.807) is 22.7 Å². The first-order valence-electron chi connectivity index (χ1n) is 5.11. The van der Waals surface area contributed by atoms with Crippen molar-refractivity contribution < 1.29 is 5.11 Å². The number of alkyl halides is 1. The van der Waals surface area contributed by atoms with Crippen LogP contribution in [0.15, 0.2) is 24.3 Å². The second-order valence-electron chi connectivity index (χ2n) is 3.51. The van der Waals surface area contributed by atoms with E-state index in [4.69, 9.17) is 11.6 Å². The topological polar surface area (TPSA) is 20.2 Å². The summed E-state index contributed by atoms with van der Waals surface area (Å²) in [5.74, 6) is 5.79. The first-order chi connectivity index (χ1) is 8.19. The van der Waals surface area contributed by atoms with Gasteiger partial charge in [-0.25, -0.2) is 0 Å². The second-order valence-corrected chi connectivity index (χ2v) is 6.19. The van der Waals surface area contributed by atoms with Crippen molar-refractivity contribution in [3.8, 4) is 21.6 Å². The molecule has 0 amide bonds. The van der Waals surface area contributed by atoms with Crippen LogP contribution in [-0.4, -0.2) is 17.1 Å². The summed E-state index contributed by atoms with van der Waals surface area (Å²) >= 11 is 8.88. The molecule has 0 aliphatic rings. The monoisotopic (exact) mass is 282 g/mol. The van der Waals surface area contributed by atoms with Crippen molar-refractivity contribution in [3.63, 3.8) is 0 Å². The SMILES string of the molecule is Cc1ccc(-c2ccc(C#C[C@@H](O)CCl)s2)s1. The minimum absolute atomic E-state index is 0.148. The van der Waals surface area contributed by atoms with Gasteiger partial charge in [0.25, 0.3) is 0 Å². The zero-order valence-electron chi connectivity index (χ0n) is 9.24. The molecule has 17 heavy (non-hydrogen) atoms. The number of thiophene rings is 2. The highest BCUT2D eigenvalue weighted by Crippen LogP contribution is 2.32. The van der Waals surface area contributed by atoms with Crippen LogP contribution in [0.5, 0.6) is 0 Å². The van der Waals surface area contributed by atoms with Crippen LogP contribution >= 0.6 is 34.3 Å². The molecule has 0 radical (unpaired) electrons. The van der Waals surface area contributed by atoms with Crippen LogP contribution in [0.4, 0.5) is 0 Å². The normalized spacial score (nSPS) is 11.9. The molecule has 2 heterocycles. The van der Waals surface area contributed by atoms with Gasteiger partial charge in [0.15, 0.2) is 0 Å². The third kappa shape index (κ3) is 3.34. The van der Waals surface area contributed by atoms with Crippen LogP contribution in [0.1, 0.15) is 9.75 Å². The number of aliphatic hydroxyl groups is 1. The Kier molecular flexibility index (Phi) is 4.25. The molecule has 1 atom stereocenters. The van der Waals surface area contributed by atoms with E-state index in [2.05, 4.69) is 37.0 Å². The Hall–Kier alpha value is -0.790. The highest BCUT2D eigenvalue weighted by Gasteiger charge is 2.03. The maximum atomic E-state index is 9.25. The Balaban J connectivity index is 2.18. The van der Waals surface area contributed by atoms with Gasteiger partial charge in [-0.15, -0.1) is 34.3 Å². The van der Waals surface area contributed by atoms with Crippen molar-refractivity contribution in [1.29, 1.82) is 0 Å². The lowest BCUT2D eigenvalue weighted by Gasteiger charge is -1.91. The number of hydrogen-bond donors (Lipinski definition) is 1. The smallest absolute Gasteiger partial charge is 0.128 e. The third-order valence-corrected chi connectivity index (χ3v) is 4.59. The van der Waals surface area contributed by atoms with Gasteiger partial charge in [-0.05, 0) is 31.2 Å². The Morgan fingerprint density at radius 1 is 1.24 bits per heavy atom. The molecule has 0 aliphatic carbocycles. The van der Waals surface area contributed by atoms with E-state index in [9.17, 15) is 5.11 Å². The molecule has 2 aromatic rings. The molecule has 4 heteroatoms. The first-order valence-corrected chi connectivity index (χ1v) is 7.28. The average Bonchev–Trinajstić information content (AvgIpc) is 2.94. The molecule has 0 fully saturated rings. The molecular weight excluding hydrogens is 272 g/mol. The Bertz CT molecular complexity index is 559. The van der Waals surface area contributed by atoms with Crippen molar-refractivity contribution in [1.82, 2.24) is 0 Å². The predicted molar refractivity (Wildman–Crippen MR) is 76.0 cm³/mol. The van der Waals surface area contributed by atoms with E-state index in [0.29, 0.717) is 0 Å². The van der Waals surface area contributed by atoms with Crippen molar-refractivity contribution in [3.05, 3.63) is 34.0 Å². The molecule has 2 aromatic heterocycles. The lowest BCUT2D eigenvalue weighted by Crippen LogP contribution is -2.03. The van der Waals surface area contributed by atoms with Crippen LogP contribution in [0.2, 0.25) is 0 Å². The molecule has 2 rings (SSSR count). The molecule has 0 saturated carbocycles. The molecule has 1 N–H and O–H groups in total. The quantitative estimate of drug-likeness (QED) is 0.657. The largest absolute Gasteiger partial charge is 0.379 e. The Morgan fingerprint density at radius 2 is 1.94 bits per heavy atom. The second kappa shape index (κ2) is 5.70. The summed E-state index contributed by atoms with van der Waals surface area (Å²) in [7, 11) is 0. The minimum Gasteiger partial charge on any atom is -0.379 e. The number of hydrogen-bond acceptors (Lipinski definition) is 3. The lowest BCUT2D eigenvalue weighted by molar-refractivity contribution is 0.256. The summed E-state index contributed by atoms with van der Waals surface area (Å²) in [6, 6.07) is 8.27. The summed E-state index contributed by atoms with van der Waals surface area (Å²) in [4.78, 5) is 4.74. The van der Waals surface area contributed by atoms with Crippen LogP contribution in [-0.2, 0) is 0 Å². The number of aryl methyl sites for hydroxylation is 1. The first kappa shape index (κ1) is 12.7. The molecular formula is C13H11ClOS2. The third-order valence-electron chi connectivity index (χ3n) is 2.10. The number of aliphatic hydroxyl groups excluding tert-OH is 1. The fourth-order valence-corrected chi connectivity index (χ4v) is 3.20. The molecule has 1 nitrogen and oxygen atoms in total. The van der Waals surface area contributed by atoms with E-state index in [1.165, 1.54) is 14.6 Å². The lowest BCUT2D eigenvalue weighted by atomic mass is 10.3. The predicted octanol–water partition coefficient (Wildman–Crippen LogP) is 3.74. The molecule has 88 valence electrons. The van der Waals surface area contributed by atoms with E-state index in [0.717, 1.165) is 4.88 Å². The molecule has 0 bridgehead atoms. The van der Waals surface area contributed by atoms with Gasteiger partial charge in [-0.2, -0.15) is 0 Å². The van der Waals surface area contributed by atoms with Gasteiger partial charge in [0.1, 0.15) is 6.10 Å². The van der Waals surface area contributed by atoms with Gasteiger partial charge < -0.3 is 5.11 Å². The highest BCUT2D eigenvalue weighted by molar-refractivity contribution is 7.22. The van der Waals surface area contributed by atoms with E-state index in [1.807, 2.05) is 6.07 Å². The number of rotatable bonds is 2. The summed E-state index contributed by atoms with van der Waals surface area (Å²) in [5, 5.41) is 9.25. The van der Waals surface area contributed by atoms with E-state index in [-0.39, 0.29) is 5.88 Å². The molecule has 0 aromatic carbocycles. The highest BCUT2D eigenvalue weighted by atomic mass is 35.5. The molecule has 0 spiro atoms. The zero-order chi connectivity index (χ0) is 12.3. The molecule has 0 unspecified atom stereocenters. The van der Waals surface area contributed by atoms with Gasteiger partial charge in [-0.1, -0.05) is 11.8 Å². The summed E-state index contributed by atoms with van der Waals surface area (Å²) in [6.07, 6.45) is -0.744. The van der Waals surface area contributed by atoms with Crippen molar-refractivity contribution in [2.75, 3.05) is 5.88 Å². The summed E-state index contributed by atoms with van der Waals surface area (Å²) < 4.78 is 0. The van der Waals surface area contributed by atoms with E-state index < -0.39 is 6.10 Å². The summed E-state index contributed by atoms with van der Waals surface area (Å²) in [6.45, 7) is 2.10. The number of halogens is 1. The molecule has 0 aliphatic heterocycles. The van der Waals surface area contributed by atoms with Crippen molar-refractivity contribution in [2.24, 2.45) is 0 Å². The Labute approximate surface area is 114 Å². The maximum absolute atomic E-state index is 9.25. The van der Waals surface area contributed by atoms with Gasteiger partial charge >= 0.3 is 0 Å². The van der Waals surface area contributed by atoms with Crippen LogP contribution in [0.25, 0.3) is 9.75 Å². The van der Waals surface area contributed by atoms with Crippen LogP contribution in [0.3, 0.4) is 0 Å². The Morgan fingerprint density at radius 3 is 2.59 bits per heavy atom.